The third-order valence-electron chi connectivity index (χ3n) is 5.33. The Labute approximate surface area is 157 Å². The fraction of sp³-hybridized carbons (Fsp3) is 0.636. The molecule has 26 heavy (non-hydrogen) atoms. The van der Waals surface area contributed by atoms with Gasteiger partial charge in [0.1, 0.15) is 0 Å². The third-order valence-corrected chi connectivity index (χ3v) is 5.33. The maximum Gasteiger partial charge on any atom is 0.227 e. The van der Waals surface area contributed by atoms with E-state index < -0.39 is 0 Å². The molecule has 1 N–H and O–H groups in total. The van der Waals surface area contributed by atoms with E-state index in [0.717, 1.165) is 31.0 Å². The number of nitrogens with zero attached hydrogens (tertiary/aromatic N) is 2. The normalized spacial score (nSPS) is 14.5. The smallest absolute Gasteiger partial charge is 0.227 e. The molecule has 2 heterocycles. The van der Waals surface area contributed by atoms with Gasteiger partial charge in [0.2, 0.25) is 11.7 Å². The summed E-state index contributed by atoms with van der Waals surface area (Å²) in [5, 5.41) is 7.41. The predicted octanol–water partition coefficient (Wildman–Crippen LogP) is 5.18. The van der Waals surface area contributed by atoms with Gasteiger partial charge in [-0.05, 0) is 37.4 Å². The molecule has 1 aromatic carbocycles. The van der Waals surface area contributed by atoms with Gasteiger partial charge in [-0.15, -0.1) is 0 Å². The minimum Gasteiger partial charge on any atom is -0.339 e. The highest BCUT2D eigenvalue weighted by atomic mass is 16.5. The number of aryl methyl sites for hydroxylation is 1. The summed E-state index contributed by atoms with van der Waals surface area (Å²) < 4.78 is 5.39. The van der Waals surface area contributed by atoms with E-state index in [-0.39, 0.29) is 0 Å². The minimum absolute atomic E-state index is 0.650. The van der Waals surface area contributed by atoms with Crippen molar-refractivity contribution in [2.24, 2.45) is 5.92 Å². The zero-order valence-corrected chi connectivity index (χ0v) is 16.2. The van der Waals surface area contributed by atoms with Crippen LogP contribution in [0.25, 0.3) is 11.4 Å². The van der Waals surface area contributed by atoms with Crippen molar-refractivity contribution in [1.82, 2.24) is 15.5 Å². The molecular formula is C22H33N3O. The molecule has 1 fully saturated rings. The number of hydrogen-bond donors (Lipinski definition) is 1. The number of nitrogens with one attached hydrogen (secondary N) is 1. The summed E-state index contributed by atoms with van der Waals surface area (Å²) in [4.78, 5) is 4.54. The van der Waals surface area contributed by atoms with Crippen molar-refractivity contribution in [1.29, 1.82) is 0 Å². The molecule has 1 aliphatic rings. The van der Waals surface area contributed by atoms with Crippen LogP contribution in [0.1, 0.15) is 69.7 Å². The van der Waals surface area contributed by atoms with E-state index in [1.807, 2.05) is 0 Å². The molecule has 1 saturated heterocycles. The van der Waals surface area contributed by atoms with Crippen LogP contribution in [0.4, 0.5) is 0 Å². The van der Waals surface area contributed by atoms with Crippen molar-refractivity contribution in [3.63, 3.8) is 0 Å². The lowest BCUT2D eigenvalue weighted by atomic mass is 10.00. The Bertz CT molecular complexity index is 631. The second-order valence-electron chi connectivity index (χ2n) is 7.66. The van der Waals surface area contributed by atoms with Gasteiger partial charge in [-0.25, -0.2) is 0 Å². The van der Waals surface area contributed by atoms with Gasteiger partial charge in [0, 0.05) is 12.0 Å². The van der Waals surface area contributed by atoms with Gasteiger partial charge >= 0.3 is 0 Å². The summed E-state index contributed by atoms with van der Waals surface area (Å²) in [6, 6.07) is 8.67. The monoisotopic (exact) mass is 355 g/mol. The first-order valence-electron chi connectivity index (χ1n) is 10.5. The average molecular weight is 356 g/mol. The molecular weight excluding hydrogens is 322 g/mol. The van der Waals surface area contributed by atoms with E-state index in [1.165, 1.54) is 63.4 Å². The maximum absolute atomic E-state index is 5.39. The maximum atomic E-state index is 5.39. The Kier molecular flexibility index (Phi) is 7.68. The first-order chi connectivity index (χ1) is 12.8. The SMILES string of the molecule is CCCCCCCCCCc1ccc(-c2noc(CC3CNC3)n2)cc1. The van der Waals surface area contributed by atoms with Crippen LogP contribution in [0.15, 0.2) is 28.8 Å². The van der Waals surface area contributed by atoms with Crippen LogP contribution < -0.4 is 5.32 Å². The van der Waals surface area contributed by atoms with E-state index in [0.29, 0.717) is 11.7 Å². The Balaban J connectivity index is 1.36. The summed E-state index contributed by atoms with van der Waals surface area (Å²) in [5.41, 5.74) is 2.45. The van der Waals surface area contributed by atoms with Gasteiger partial charge in [-0.3, -0.25) is 0 Å². The van der Waals surface area contributed by atoms with E-state index in [1.54, 1.807) is 0 Å². The summed E-state index contributed by atoms with van der Waals surface area (Å²) in [6.45, 7) is 4.40. The highest BCUT2D eigenvalue weighted by molar-refractivity contribution is 5.54. The predicted molar refractivity (Wildman–Crippen MR) is 106 cm³/mol. The number of hydrogen-bond acceptors (Lipinski definition) is 4. The van der Waals surface area contributed by atoms with Crippen LogP contribution in [0, 0.1) is 5.92 Å². The number of unbranched alkanes of at least 4 members (excludes halogenated alkanes) is 7. The molecule has 0 spiro atoms. The Morgan fingerprint density at radius 3 is 2.31 bits per heavy atom. The van der Waals surface area contributed by atoms with E-state index in [9.17, 15) is 0 Å². The van der Waals surface area contributed by atoms with Crippen molar-refractivity contribution in [3.05, 3.63) is 35.7 Å². The Hall–Kier alpha value is -1.68. The van der Waals surface area contributed by atoms with Crippen molar-refractivity contribution >= 4 is 0 Å². The lowest BCUT2D eigenvalue weighted by molar-refractivity contribution is 0.296. The summed E-state index contributed by atoms with van der Waals surface area (Å²) >= 11 is 0. The molecule has 4 nitrogen and oxygen atoms in total. The highest BCUT2D eigenvalue weighted by Crippen LogP contribution is 2.20. The van der Waals surface area contributed by atoms with E-state index in [4.69, 9.17) is 4.52 Å². The van der Waals surface area contributed by atoms with E-state index in [2.05, 4.69) is 46.6 Å². The van der Waals surface area contributed by atoms with Crippen molar-refractivity contribution < 1.29 is 4.52 Å². The van der Waals surface area contributed by atoms with E-state index >= 15 is 0 Å². The molecule has 0 bridgehead atoms. The van der Waals surface area contributed by atoms with Gasteiger partial charge < -0.3 is 9.84 Å². The van der Waals surface area contributed by atoms with Gasteiger partial charge in [0.15, 0.2) is 0 Å². The van der Waals surface area contributed by atoms with Crippen molar-refractivity contribution in [2.75, 3.05) is 13.1 Å². The molecule has 0 atom stereocenters. The molecule has 0 radical (unpaired) electrons. The third kappa shape index (κ3) is 5.94. The van der Waals surface area contributed by atoms with Gasteiger partial charge in [0.25, 0.3) is 0 Å². The first kappa shape index (κ1) is 19.1. The minimum atomic E-state index is 0.650. The topological polar surface area (TPSA) is 51.0 Å². The summed E-state index contributed by atoms with van der Waals surface area (Å²) in [5.74, 6) is 2.12. The number of aromatic nitrogens is 2. The lowest BCUT2D eigenvalue weighted by Crippen LogP contribution is -2.43. The van der Waals surface area contributed by atoms with Gasteiger partial charge in [-0.2, -0.15) is 4.98 Å². The molecule has 1 aliphatic heterocycles. The van der Waals surface area contributed by atoms with Crippen LogP contribution in [0.5, 0.6) is 0 Å². The standard InChI is InChI=1S/C22H33N3O/c1-2-3-4-5-6-7-8-9-10-18-11-13-20(14-12-18)22-24-21(26-25-22)15-19-16-23-17-19/h11-14,19,23H,2-10,15-17H2,1H3. The lowest BCUT2D eigenvalue weighted by Gasteiger charge is -2.25. The van der Waals surface area contributed by atoms with Crippen LogP contribution in [-0.4, -0.2) is 23.2 Å². The summed E-state index contributed by atoms with van der Waals surface area (Å²) in [6.07, 6.45) is 13.0. The Morgan fingerprint density at radius 2 is 1.65 bits per heavy atom. The van der Waals surface area contributed by atoms with Crippen LogP contribution >= 0.6 is 0 Å². The molecule has 142 valence electrons. The summed E-state index contributed by atoms with van der Waals surface area (Å²) in [7, 11) is 0. The fourth-order valence-electron chi connectivity index (χ4n) is 3.48. The van der Waals surface area contributed by atoms with Crippen LogP contribution in [0.2, 0.25) is 0 Å². The van der Waals surface area contributed by atoms with Gasteiger partial charge in [-0.1, -0.05) is 81.3 Å². The molecule has 1 aromatic heterocycles. The van der Waals surface area contributed by atoms with Crippen LogP contribution in [-0.2, 0) is 12.8 Å². The van der Waals surface area contributed by atoms with Crippen molar-refractivity contribution in [3.8, 4) is 11.4 Å². The van der Waals surface area contributed by atoms with Crippen molar-refractivity contribution in [2.45, 2.75) is 71.1 Å². The molecule has 0 unspecified atom stereocenters. The molecule has 0 saturated carbocycles. The highest BCUT2D eigenvalue weighted by Gasteiger charge is 2.20. The van der Waals surface area contributed by atoms with Crippen LogP contribution in [0.3, 0.4) is 0 Å². The first-order valence-corrected chi connectivity index (χ1v) is 10.5. The second-order valence-corrected chi connectivity index (χ2v) is 7.66. The molecule has 2 aromatic rings. The molecule has 0 amide bonds. The number of benzene rings is 1. The fourth-order valence-corrected chi connectivity index (χ4v) is 3.48. The molecule has 3 rings (SSSR count). The van der Waals surface area contributed by atoms with Gasteiger partial charge in [0.05, 0.1) is 0 Å². The number of rotatable bonds is 12. The zero-order valence-electron chi connectivity index (χ0n) is 16.2. The molecule has 0 aliphatic carbocycles. The Morgan fingerprint density at radius 1 is 0.962 bits per heavy atom. The zero-order chi connectivity index (χ0) is 18.0. The quantitative estimate of drug-likeness (QED) is 0.533. The second kappa shape index (κ2) is 10.5. The molecule has 4 heteroatoms. The average Bonchev–Trinajstić information content (AvgIpc) is 3.10. The largest absolute Gasteiger partial charge is 0.339 e.